The molecule has 17 heteroatoms. The largest absolute Gasteiger partial charge is 0.495 e. The van der Waals surface area contributed by atoms with Gasteiger partial charge in [-0.3, -0.25) is 9.11 Å². The summed E-state index contributed by atoms with van der Waals surface area (Å²) in [5.74, 6) is -1.53. The number of hydrogen-bond acceptors (Lipinski definition) is 12. The van der Waals surface area contributed by atoms with Crippen LogP contribution in [0, 0.1) is 6.92 Å². The Morgan fingerprint density at radius 2 is 1.51 bits per heavy atom. The lowest BCUT2D eigenvalue weighted by Gasteiger charge is -2.13. The summed E-state index contributed by atoms with van der Waals surface area (Å²) in [5, 5.41) is 10.7. The van der Waals surface area contributed by atoms with Gasteiger partial charge in [-0.25, -0.2) is 12.6 Å². The topological polar surface area (TPSA) is 207 Å². The molecule has 0 bridgehead atoms. The smallest absolute Gasteiger partial charge is 0.397 e. The first-order chi connectivity index (χ1) is 16.1. The maximum absolute atomic E-state index is 12.6. The van der Waals surface area contributed by atoms with Gasteiger partial charge in [-0.15, -0.1) is 5.11 Å². The lowest BCUT2D eigenvalue weighted by atomic mass is 10.2. The summed E-state index contributed by atoms with van der Waals surface area (Å²) < 4.78 is 100. The average Bonchev–Trinajstić information content (AvgIpc) is 2.74. The molecule has 0 spiro atoms. The van der Waals surface area contributed by atoms with E-state index >= 15 is 0 Å². The second-order valence-electron chi connectivity index (χ2n) is 6.85. The first kappa shape index (κ1) is 28.4. The Labute approximate surface area is 202 Å². The van der Waals surface area contributed by atoms with Crippen LogP contribution in [0.3, 0.4) is 0 Å². The number of hydrogen-bond donors (Lipinski definition) is 3. The summed E-state index contributed by atoms with van der Waals surface area (Å²) in [6, 6.07) is 7.04. The SMILES string of the molecule is COc1cc(S(=O)(=O)CCOS(=O)(=O)O)c(OC)cc1/N=N/c1ccc(NCS(=O)(=O)O)cc1C. The second-order valence-corrected chi connectivity index (χ2v) is 11.5. The number of rotatable bonds is 12. The van der Waals surface area contributed by atoms with Crippen molar-refractivity contribution in [2.24, 2.45) is 10.2 Å². The Kier molecular flexibility index (Phi) is 9.15. The van der Waals surface area contributed by atoms with E-state index in [-0.39, 0.29) is 22.1 Å². The van der Waals surface area contributed by atoms with Crippen LogP contribution in [0.25, 0.3) is 0 Å². The lowest BCUT2D eigenvalue weighted by molar-refractivity contribution is 0.284. The van der Waals surface area contributed by atoms with Gasteiger partial charge in [0.25, 0.3) is 10.1 Å². The standard InChI is InChI=1S/C18H23N3O11S3/c1-12-8-13(19-11-34(24,25)26)4-5-14(12)20-21-15-9-17(31-3)18(10-16(15)30-2)33(22,23)7-6-32-35(27,28)29/h4-5,8-10,19H,6-7,11H2,1-3H3,(H,24,25,26)(H,27,28,29)/b21-20+. The number of aryl methyl sites for hydroxylation is 1. The molecule has 0 saturated heterocycles. The van der Waals surface area contributed by atoms with Gasteiger partial charge < -0.3 is 14.8 Å². The molecule has 194 valence electrons. The first-order valence-corrected chi connectivity index (χ1v) is 14.1. The van der Waals surface area contributed by atoms with Gasteiger partial charge in [0.05, 0.1) is 32.3 Å². The Morgan fingerprint density at radius 3 is 2.06 bits per heavy atom. The van der Waals surface area contributed by atoms with Crippen molar-refractivity contribution in [2.75, 3.05) is 37.8 Å². The van der Waals surface area contributed by atoms with Crippen molar-refractivity contribution in [1.82, 2.24) is 0 Å². The molecular formula is C18H23N3O11S3. The molecule has 0 amide bonds. The third-order valence-corrected chi connectivity index (χ3v) is 6.97. The van der Waals surface area contributed by atoms with Crippen molar-refractivity contribution in [3.63, 3.8) is 0 Å². The lowest BCUT2D eigenvalue weighted by Crippen LogP contribution is -2.16. The summed E-state index contributed by atoms with van der Waals surface area (Å²) in [4.78, 5) is -0.319. The van der Waals surface area contributed by atoms with Crippen LogP contribution in [-0.4, -0.2) is 66.8 Å². The zero-order valence-electron chi connectivity index (χ0n) is 18.7. The van der Waals surface area contributed by atoms with E-state index in [0.29, 0.717) is 16.9 Å². The van der Waals surface area contributed by atoms with Crippen molar-refractivity contribution < 1.29 is 48.0 Å². The Bertz CT molecular complexity index is 1420. The van der Waals surface area contributed by atoms with Crippen LogP contribution in [0.4, 0.5) is 17.1 Å². The van der Waals surface area contributed by atoms with E-state index in [1.54, 1.807) is 19.1 Å². The molecule has 0 aromatic heterocycles. The number of azo groups is 1. The normalized spacial score (nSPS) is 12.6. The number of anilines is 1. The van der Waals surface area contributed by atoms with E-state index in [2.05, 4.69) is 19.7 Å². The van der Waals surface area contributed by atoms with Crippen LogP contribution in [0.1, 0.15) is 5.56 Å². The molecule has 0 unspecified atom stereocenters. The number of benzene rings is 2. The van der Waals surface area contributed by atoms with Gasteiger partial charge in [0, 0.05) is 17.8 Å². The quantitative estimate of drug-likeness (QED) is 0.255. The molecule has 2 aromatic carbocycles. The van der Waals surface area contributed by atoms with Gasteiger partial charge >= 0.3 is 10.4 Å². The van der Waals surface area contributed by atoms with E-state index in [4.69, 9.17) is 18.6 Å². The summed E-state index contributed by atoms with van der Waals surface area (Å²) >= 11 is 0. The maximum atomic E-state index is 12.6. The van der Waals surface area contributed by atoms with Crippen LogP contribution >= 0.6 is 0 Å². The molecule has 0 saturated carbocycles. The molecule has 0 atom stereocenters. The van der Waals surface area contributed by atoms with Crippen molar-refractivity contribution in [1.29, 1.82) is 0 Å². The van der Waals surface area contributed by atoms with E-state index in [9.17, 15) is 25.3 Å². The van der Waals surface area contributed by atoms with Gasteiger partial charge in [0.1, 0.15) is 28.0 Å². The zero-order valence-corrected chi connectivity index (χ0v) is 21.1. The molecule has 0 aliphatic carbocycles. The molecule has 3 N–H and O–H groups in total. The van der Waals surface area contributed by atoms with Crippen molar-refractivity contribution in [2.45, 2.75) is 11.8 Å². The molecule has 2 aromatic rings. The average molecular weight is 554 g/mol. The van der Waals surface area contributed by atoms with E-state index in [0.717, 1.165) is 6.07 Å². The fourth-order valence-corrected chi connectivity index (χ4v) is 4.70. The molecule has 2 rings (SSSR count). The summed E-state index contributed by atoms with van der Waals surface area (Å²) in [5.41, 5.74) is 1.55. The fourth-order valence-electron chi connectivity index (χ4n) is 2.69. The Morgan fingerprint density at radius 1 is 0.886 bits per heavy atom. The fraction of sp³-hybridized carbons (Fsp3) is 0.333. The van der Waals surface area contributed by atoms with Gasteiger partial charge in [-0.05, 0) is 30.7 Å². The highest BCUT2D eigenvalue weighted by Gasteiger charge is 2.24. The van der Waals surface area contributed by atoms with Gasteiger partial charge in [-0.2, -0.15) is 21.9 Å². The minimum absolute atomic E-state index is 0.0212. The van der Waals surface area contributed by atoms with E-state index < -0.39 is 48.6 Å². The van der Waals surface area contributed by atoms with Crippen molar-refractivity contribution in [3.05, 3.63) is 35.9 Å². The third-order valence-electron chi connectivity index (χ3n) is 4.31. The van der Waals surface area contributed by atoms with Crippen LogP contribution in [-0.2, 0) is 34.5 Å². The molecule has 14 nitrogen and oxygen atoms in total. The number of ether oxygens (including phenoxy) is 2. The zero-order chi connectivity index (χ0) is 26.4. The van der Waals surface area contributed by atoms with Crippen LogP contribution in [0.2, 0.25) is 0 Å². The van der Waals surface area contributed by atoms with E-state index in [1.165, 1.54) is 26.4 Å². The predicted octanol–water partition coefficient (Wildman–Crippen LogP) is 2.28. The Hall–Kier alpha value is -2.83. The van der Waals surface area contributed by atoms with Gasteiger partial charge in [0.15, 0.2) is 9.84 Å². The number of nitrogens with one attached hydrogen (secondary N) is 1. The Balaban J connectivity index is 2.33. The number of methoxy groups -OCH3 is 2. The first-order valence-electron chi connectivity index (χ1n) is 9.47. The van der Waals surface area contributed by atoms with Gasteiger partial charge in [-0.1, -0.05) is 0 Å². The summed E-state index contributed by atoms with van der Waals surface area (Å²) in [7, 11) is -10.6. The van der Waals surface area contributed by atoms with Crippen LogP contribution in [0.5, 0.6) is 11.5 Å². The van der Waals surface area contributed by atoms with Gasteiger partial charge in [0.2, 0.25) is 0 Å². The summed E-state index contributed by atoms with van der Waals surface area (Å²) in [6.07, 6.45) is 0. The molecule has 0 aliphatic rings. The van der Waals surface area contributed by atoms with Crippen molar-refractivity contribution in [3.8, 4) is 11.5 Å². The van der Waals surface area contributed by atoms with Crippen molar-refractivity contribution >= 4 is 47.4 Å². The second kappa shape index (κ2) is 11.3. The highest BCUT2D eigenvalue weighted by atomic mass is 32.3. The molecule has 35 heavy (non-hydrogen) atoms. The molecular weight excluding hydrogens is 530 g/mol. The van der Waals surface area contributed by atoms with Crippen LogP contribution < -0.4 is 14.8 Å². The summed E-state index contributed by atoms with van der Waals surface area (Å²) in [6.45, 7) is 0.873. The number of nitrogens with zero attached hydrogens (tertiary/aromatic N) is 2. The highest BCUT2D eigenvalue weighted by Crippen LogP contribution is 2.39. The molecule has 0 radical (unpaired) electrons. The minimum Gasteiger partial charge on any atom is -0.495 e. The van der Waals surface area contributed by atoms with Crippen LogP contribution in [0.15, 0.2) is 45.5 Å². The minimum atomic E-state index is -4.80. The monoisotopic (exact) mass is 553 g/mol. The molecule has 0 fully saturated rings. The molecule has 0 aliphatic heterocycles. The third kappa shape index (κ3) is 8.71. The maximum Gasteiger partial charge on any atom is 0.397 e. The highest BCUT2D eigenvalue weighted by molar-refractivity contribution is 7.91. The predicted molar refractivity (Wildman–Crippen MR) is 124 cm³/mol. The number of sulfone groups is 1. The molecule has 0 heterocycles. The van der Waals surface area contributed by atoms with E-state index in [1.807, 2.05) is 0 Å².